The molecule has 3 saturated heterocycles. The smallest absolute Gasteiger partial charge is 0.319 e. The van der Waals surface area contributed by atoms with Crippen LogP contribution in [0.2, 0.25) is 5.02 Å². The molecule has 236 valence electrons. The van der Waals surface area contributed by atoms with Crippen molar-refractivity contribution >= 4 is 28.3 Å². The molecule has 1 atom stereocenters. The minimum absolute atomic E-state index is 0.0279. The number of halogens is 3. The molecule has 8 nitrogen and oxygen atoms in total. The Hall–Kier alpha value is -2.79. The van der Waals surface area contributed by atoms with Gasteiger partial charge in [0.2, 0.25) is 0 Å². The molecule has 1 aromatic heterocycles. The highest BCUT2D eigenvalue weighted by Crippen LogP contribution is 2.50. The predicted molar refractivity (Wildman–Crippen MR) is 165 cm³/mol. The summed E-state index contributed by atoms with van der Waals surface area (Å²) in [5, 5.41) is 11.5. The third-order valence-electron chi connectivity index (χ3n) is 9.80. The molecule has 3 aromatic rings. The fourth-order valence-electron chi connectivity index (χ4n) is 7.57. The van der Waals surface area contributed by atoms with E-state index >= 15 is 8.78 Å². The van der Waals surface area contributed by atoms with E-state index in [2.05, 4.69) is 9.88 Å². The molecule has 4 heterocycles. The number of aliphatic hydroxyl groups is 1. The molecule has 7 rings (SSSR count). The lowest BCUT2D eigenvalue weighted by Gasteiger charge is -2.38. The maximum absolute atomic E-state index is 16.9. The maximum atomic E-state index is 16.9. The van der Waals surface area contributed by atoms with Crippen LogP contribution < -0.4 is 14.4 Å². The van der Waals surface area contributed by atoms with Gasteiger partial charge >= 0.3 is 6.01 Å². The van der Waals surface area contributed by atoms with Crippen LogP contribution in [-0.2, 0) is 4.74 Å². The van der Waals surface area contributed by atoms with Crippen LogP contribution in [-0.4, -0.2) is 77.8 Å². The summed E-state index contributed by atoms with van der Waals surface area (Å²) in [4.78, 5) is 13.7. The molecule has 0 spiro atoms. The van der Waals surface area contributed by atoms with Crippen molar-refractivity contribution in [3.8, 4) is 22.9 Å². The zero-order valence-electron chi connectivity index (χ0n) is 25.3. The van der Waals surface area contributed by atoms with Gasteiger partial charge in [-0.3, -0.25) is 4.90 Å². The molecule has 0 radical (unpaired) electrons. The van der Waals surface area contributed by atoms with Gasteiger partial charge in [0.15, 0.2) is 12.6 Å². The number of hydrogen-bond acceptors (Lipinski definition) is 8. The summed E-state index contributed by atoms with van der Waals surface area (Å²) in [6.45, 7) is 5.11. The molecule has 4 aliphatic rings. The van der Waals surface area contributed by atoms with Crippen LogP contribution in [0.5, 0.6) is 11.8 Å². The van der Waals surface area contributed by atoms with E-state index in [9.17, 15) is 5.11 Å². The number of anilines is 1. The van der Waals surface area contributed by atoms with Gasteiger partial charge in [0.05, 0.1) is 16.7 Å². The number of methoxy groups -OCH3 is 1. The van der Waals surface area contributed by atoms with Crippen molar-refractivity contribution in [2.45, 2.75) is 75.3 Å². The van der Waals surface area contributed by atoms with Gasteiger partial charge in [0, 0.05) is 30.6 Å². The fourth-order valence-corrected chi connectivity index (χ4v) is 7.93. The van der Waals surface area contributed by atoms with Crippen molar-refractivity contribution in [1.82, 2.24) is 14.9 Å². The number of ether oxygens (including phenoxy) is 3. The lowest BCUT2D eigenvalue weighted by molar-refractivity contribution is 0.0447. The summed E-state index contributed by atoms with van der Waals surface area (Å²) in [5.74, 6) is -0.723. The number of rotatable bonds is 9. The Balaban J connectivity index is 1.37. The summed E-state index contributed by atoms with van der Waals surface area (Å²) in [5.41, 5.74) is -0.204. The Labute approximate surface area is 261 Å². The Kier molecular flexibility index (Phi) is 7.84. The molecule has 44 heavy (non-hydrogen) atoms. The van der Waals surface area contributed by atoms with Crippen LogP contribution in [0, 0.1) is 11.6 Å². The lowest BCUT2D eigenvalue weighted by Crippen LogP contribution is -2.46. The first-order valence-corrected chi connectivity index (χ1v) is 16.1. The van der Waals surface area contributed by atoms with Crippen LogP contribution in [0.3, 0.4) is 0 Å². The van der Waals surface area contributed by atoms with Crippen LogP contribution in [0.1, 0.15) is 69.8 Å². The van der Waals surface area contributed by atoms with Gasteiger partial charge < -0.3 is 24.2 Å². The second-order valence-corrected chi connectivity index (χ2v) is 13.6. The Morgan fingerprint density at radius 1 is 1.02 bits per heavy atom. The van der Waals surface area contributed by atoms with Crippen molar-refractivity contribution in [3.63, 3.8) is 0 Å². The van der Waals surface area contributed by atoms with E-state index in [1.807, 2.05) is 4.90 Å². The number of β-amino-alcohol motifs (C(OH)–C–C–N with tert-alkyl or cyclic N) is 1. The van der Waals surface area contributed by atoms with Crippen molar-refractivity contribution in [2.75, 3.05) is 51.6 Å². The predicted octanol–water partition coefficient (Wildman–Crippen LogP) is 6.45. The van der Waals surface area contributed by atoms with Gasteiger partial charge in [-0.05, 0) is 107 Å². The minimum Gasteiger partial charge on any atom is -0.467 e. The molecule has 0 unspecified atom stereocenters. The average Bonchev–Trinajstić information content (AvgIpc) is 3.61. The van der Waals surface area contributed by atoms with Gasteiger partial charge in [0.1, 0.15) is 29.5 Å². The molecular formula is C33H39ClF2N4O4. The maximum Gasteiger partial charge on any atom is 0.319 e. The van der Waals surface area contributed by atoms with Crippen molar-refractivity contribution in [1.29, 1.82) is 0 Å². The summed E-state index contributed by atoms with van der Waals surface area (Å²) in [6, 6.07) is 4.65. The first-order chi connectivity index (χ1) is 21.2. The normalized spacial score (nSPS) is 23.4. The molecule has 1 aliphatic carbocycles. The Morgan fingerprint density at radius 3 is 2.48 bits per heavy atom. The Morgan fingerprint density at radius 2 is 1.77 bits per heavy atom. The van der Waals surface area contributed by atoms with E-state index in [4.69, 9.17) is 30.8 Å². The lowest BCUT2D eigenvalue weighted by atomic mass is 9.93. The van der Waals surface area contributed by atoms with E-state index in [1.54, 1.807) is 19.1 Å². The van der Waals surface area contributed by atoms with Crippen LogP contribution >= 0.6 is 11.6 Å². The number of aromatic nitrogens is 2. The fraction of sp³-hybridized carbons (Fsp3) is 0.576. The van der Waals surface area contributed by atoms with Crippen LogP contribution in [0.4, 0.5) is 14.6 Å². The second kappa shape index (κ2) is 11.5. The van der Waals surface area contributed by atoms with E-state index < -0.39 is 17.2 Å². The summed E-state index contributed by atoms with van der Waals surface area (Å²) >= 11 is 6.70. The van der Waals surface area contributed by atoms with Crippen LogP contribution in [0.15, 0.2) is 18.2 Å². The molecule has 0 amide bonds. The van der Waals surface area contributed by atoms with Crippen molar-refractivity contribution in [3.05, 3.63) is 40.4 Å². The zero-order valence-corrected chi connectivity index (χ0v) is 26.1. The topological polar surface area (TPSA) is 80.2 Å². The van der Waals surface area contributed by atoms with Gasteiger partial charge in [-0.1, -0.05) is 11.6 Å². The summed E-state index contributed by atoms with van der Waals surface area (Å²) < 4.78 is 50.1. The molecular weight excluding hydrogens is 590 g/mol. The first-order valence-electron chi connectivity index (χ1n) is 15.7. The van der Waals surface area contributed by atoms with E-state index in [0.29, 0.717) is 53.7 Å². The molecule has 11 heteroatoms. The Bertz CT molecular complexity index is 1570. The van der Waals surface area contributed by atoms with Gasteiger partial charge in [-0.25, -0.2) is 8.78 Å². The largest absolute Gasteiger partial charge is 0.467 e. The van der Waals surface area contributed by atoms with Gasteiger partial charge in [-0.15, -0.1) is 0 Å². The molecule has 1 N–H and O–H groups in total. The van der Waals surface area contributed by atoms with Gasteiger partial charge in [0.25, 0.3) is 0 Å². The third-order valence-corrected chi connectivity index (χ3v) is 10.1. The van der Waals surface area contributed by atoms with E-state index in [0.717, 1.165) is 51.6 Å². The minimum atomic E-state index is -0.959. The standard InChI is InChI=1S/C33H39ClF2N4O4/c1-32(41)8-3-11-39(17-32)30-23-16-25(35)27(22-14-21(44-19-42-2)15-24(34)26(22)20-6-7-20)28(36)29(23)37-31(38-30)43-18-33-9-4-12-40(33)13-5-10-33/h14-16,20,41H,3-13,17-19H2,1-2H3/t32-/m1/s1. The van der Waals surface area contributed by atoms with Gasteiger partial charge in [-0.2, -0.15) is 9.97 Å². The SMILES string of the molecule is COCOc1cc(Cl)c(C2CC2)c(-c2c(F)cc3c(N4CCC[C@@](C)(O)C4)nc(OCC45CCCN4CCC5)nc3c2F)c1. The zero-order chi connectivity index (χ0) is 30.6. The monoisotopic (exact) mass is 628 g/mol. The quantitative estimate of drug-likeness (QED) is 0.271. The summed E-state index contributed by atoms with van der Waals surface area (Å²) in [6.07, 6.45) is 7.44. The number of piperidine rings is 1. The van der Waals surface area contributed by atoms with Crippen molar-refractivity contribution in [2.24, 2.45) is 0 Å². The number of hydrogen-bond donors (Lipinski definition) is 1. The molecule has 2 aromatic carbocycles. The van der Waals surface area contributed by atoms with E-state index in [-0.39, 0.29) is 47.3 Å². The van der Waals surface area contributed by atoms with Crippen molar-refractivity contribution < 1.29 is 28.1 Å². The highest BCUT2D eigenvalue weighted by atomic mass is 35.5. The number of nitrogens with zero attached hydrogens (tertiary/aromatic N) is 4. The first kappa shape index (κ1) is 29.9. The summed E-state index contributed by atoms with van der Waals surface area (Å²) in [7, 11) is 1.50. The number of fused-ring (bicyclic) bond motifs is 2. The molecule has 4 fully saturated rings. The molecule has 3 aliphatic heterocycles. The number of benzene rings is 2. The average molecular weight is 629 g/mol. The van der Waals surface area contributed by atoms with Crippen LogP contribution in [0.25, 0.3) is 22.0 Å². The molecule has 0 bridgehead atoms. The highest BCUT2D eigenvalue weighted by Gasteiger charge is 2.45. The highest BCUT2D eigenvalue weighted by molar-refractivity contribution is 6.32. The third kappa shape index (κ3) is 5.48. The second-order valence-electron chi connectivity index (χ2n) is 13.2. The molecule has 1 saturated carbocycles. The van der Waals surface area contributed by atoms with E-state index in [1.165, 1.54) is 13.2 Å².